The van der Waals surface area contributed by atoms with Crippen LogP contribution in [0, 0.1) is 5.92 Å². The molecule has 1 aromatic rings. The van der Waals surface area contributed by atoms with Crippen molar-refractivity contribution >= 4 is 11.8 Å². The fourth-order valence-corrected chi connectivity index (χ4v) is 3.31. The van der Waals surface area contributed by atoms with E-state index >= 15 is 0 Å². The van der Waals surface area contributed by atoms with E-state index in [-0.39, 0.29) is 17.7 Å². The van der Waals surface area contributed by atoms with Crippen LogP contribution in [-0.2, 0) is 10.9 Å². The van der Waals surface area contributed by atoms with E-state index in [9.17, 15) is 23.4 Å². The van der Waals surface area contributed by atoms with Gasteiger partial charge in [-0.15, -0.1) is 0 Å². The third-order valence-electron chi connectivity index (χ3n) is 3.47. The smallest absolute Gasteiger partial charge is 0.389 e. The van der Waals surface area contributed by atoms with E-state index in [0.29, 0.717) is 6.42 Å². The van der Waals surface area contributed by atoms with Crippen molar-refractivity contribution in [3.05, 3.63) is 18.0 Å². The summed E-state index contributed by atoms with van der Waals surface area (Å²) in [6.45, 7) is 4.05. The van der Waals surface area contributed by atoms with Crippen LogP contribution >= 0.6 is 11.8 Å². The number of hydrogen-bond donors (Lipinski definition) is 2. The van der Waals surface area contributed by atoms with Crippen LogP contribution in [0.2, 0.25) is 0 Å². The lowest BCUT2D eigenvalue weighted by atomic mass is 9.95. The van der Waals surface area contributed by atoms with Gasteiger partial charge in [-0.2, -0.15) is 13.2 Å². The average molecular weight is 352 g/mol. The van der Waals surface area contributed by atoms with Gasteiger partial charge in [-0.25, -0.2) is 9.97 Å². The molecule has 0 bridgehead atoms. The Labute approximate surface area is 136 Å². The predicted octanol–water partition coefficient (Wildman–Crippen LogP) is 2.12. The normalized spacial score (nSPS) is 29.0. The van der Waals surface area contributed by atoms with Crippen LogP contribution in [0.5, 0.6) is 0 Å². The van der Waals surface area contributed by atoms with Gasteiger partial charge in [-0.3, -0.25) is 0 Å². The molecule has 2 heterocycles. The zero-order valence-corrected chi connectivity index (χ0v) is 13.5. The monoisotopic (exact) mass is 352 g/mol. The van der Waals surface area contributed by atoms with Crippen molar-refractivity contribution in [2.45, 2.75) is 55.2 Å². The summed E-state index contributed by atoms with van der Waals surface area (Å²) in [7, 11) is 0. The van der Waals surface area contributed by atoms with Gasteiger partial charge in [0.2, 0.25) is 0 Å². The first-order valence-corrected chi connectivity index (χ1v) is 8.11. The molecule has 1 aliphatic heterocycles. The Kier molecular flexibility index (Phi) is 5.88. The summed E-state index contributed by atoms with van der Waals surface area (Å²) in [5.74, 6) is 0.290. The highest BCUT2D eigenvalue weighted by Crippen LogP contribution is 2.33. The molecule has 0 radical (unpaired) electrons. The van der Waals surface area contributed by atoms with Crippen molar-refractivity contribution < 1.29 is 28.1 Å². The quantitative estimate of drug-likeness (QED) is 0.809. The molecule has 1 unspecified atom stereocenters. The fraction of sp³-hybridized carbons (Fsp3) is 0.714. The molecule has 9 heteroatoms. The molecule has 1 aliphatic rings. The van der Waals surface area contributed by atoms with E-state index < -0.39 is 35.4 Å². The highest BCUT2D eigenvalue weighted by molar-refractivity contribution is 7.99. The number of rotatable bonds is 4. The summed E-state index contributed by atoms with van der Waals surface area (Å²) in [5.41, 5.74) is -1.04. The lowest BCUT2D eigenvalue weighted by Gasteiger charge is -2.37. The SMILES string of the molecule is CC(C)C[C@H]1OCC(Sc2nccc(C(F)(F)F)n2)[C@@H](O)[C@H]1O. The van der Waals surface area contributed by atoms with Crippen LogP contribution in [0.15, 0.2) is 17.4 Å². The Morgan fingerprint density at radius 1 is 1.35 bits per heavy atom. The Balaban J connectivity index is 2.04. The maximum absolute atomic E-state index is 12.6. The standard InChI is InChI=1S/C14H19F3N2O3S/c1-7(2)5-8-11(20)12(21)9(6-22-8)23-13-18-4-3-10(19-13)14(15,16)17/h3-4,7-9,11-12,20-21H,5-6H2,1-2H3/t8-,9?,11+,12-/m1/s1. The van der Waals surface area contributed by atoms with Crippen molar-refractivity contribution in [2.75, 3.05) is 6.61 Å². The minimum absolute atomic E-state index is 0.109. The maximum atomic E-state index is 12.6. The fourth-order valence-electron chi connectivity index (χ4n) is 2.32. The van der Waals surface area contributed by atoms with E-state index in [1.807, 2.05) is 13.8 Å². The summed E-state index contributed by atoms with van der Waals surface area (Å²) in [4.78, 5) is 7.22. The molecule has 1 saturated heterocycles. The average Bonchev–Trinajstić information content (AvgIpc) is 2.46. The van der Waals surface area contributed by atoms with Crippen LogP contribution in [0.25, 0.3) is 0 Å². The highest BCUT2D eigenvalue weighted by Gasteiger charge is 2.40. The lowest BCUT2D eigenvalue weighted by Crippen LogP contribution is -2.52. The van der Waals surface area contributed by atoms with Gasteiger partial charge in [0, 0.05) is 6.20 Å². The van der Waals surface area contributed by atoms with E-state index in [2.05, 4.69) is 9.97 Å². The molecule has 1 aromatic heterocycles. The number of nitrogens with zero attached hydrogens (tertiary/aromatic N) is 2. The number of aliphatic hydroxyl groups excluding tert-OH is 2. The summed E-state index contributed by atoms with van der Waals surface area (Å²) < 4.78 is 43.5. The highest BCUT2D eigenvalue weighted by atomic mass is 32.2. The summed E-state index contributed by atoms with van der Waals surface area (Å²) in [6.07, 6.45) is -5.63. The molecule has 2 N–H and O–H groups in total. The van der Waals surface area contributed by atoms with Gasteiger partial charge in [0.1, 0.15) is 11.8 Å². The van der Waals surface area contributed by atoms with Gasteiger partial charge >= 0.3 is 6.18 Å². The zero-order valence-electron chi connectivity index (χ0n) is 12.7. The molecule has 0 saturated carbocycles. The number of alkyl halides is 3. The minimum atomic E-state index is -4.55. The minimum Gasteiger partial charge on any atom is -0.389 e. The van der Waals surface area contributed by atoms with E-state index in [1.54, 1.807) is 0 Å². The lowest BCUT2D eigenvalue weighted by molar-refractivity contribution is -0.141. The summed E-state index contributed by atoms with van der Waals surface area (Å²) in [5, 5.41) is 19.6. The molecular formula is C14H19F3N2O3S. The summed E-state index contributed by atoms with van der Waals surface area (Å²) >= 11 is 0.870. The van der Waals surface area contributed by atoms with Gasteiger partial charge in [0.05, 0.1) is 24.1 Å². The molecule has 0 aliphatic carbocycles. The molecular weight excluding hydrogens is 333 g/mol. The van der Waals surface area contributed by atoms with Gasteiger partial charge < -0.3 is 14.9 Å². The van der Waals surface area contributed by atoms with Gasteiger partial charge in [0.15, 0.2) is 5.16 Å². The molecule has 1 fully saturated rings. The Morgan fingerprint density at radius 3 is 2.65 bits per heavy atom. The molecule has 5 nitrogen and oxygen atoms in total. The van der Waals surface area contributed by atoms with Crippen molar-refractivity contribution in [1.29, 1.82) is 0 Å². The number of aliphatic hydroxyl groups is 2. The largest absolute Gasteiger partial charge is 0.433 e. The first-order chi connectivity index (χ1) is 10.7. The van der Waals surface area contributed by atoms with E-state index in [1.165, 1.54) is 0 Å². The molecule has 4 atom stereocenters. The topological polar surface area (TPSA) is 75.5 Å². The molecule has 130 valence electrons. The number of aromatic nitrogens is 2. The number of thioether (sulfide) groups is 1. The van der Waals surface area contributed by atoms with Gasteiger partial charge in [-0.05, 0) is 18.4 Å². The first kappa shape index (κ1) is 18.4. The number of hydrogen-bond acceptors (Lipinski definition) is 6. The van der Waals surface area contributed by atoms with Crippen LogP contribution in [0.4, 0.5) is 13.2 Å². The Morgan fingerprint density at radius 2 is 2.04 bits per heavy atom. The maximum Gasteiger partial charge on any atom is 0.433 e. The molecule has 0 aromatic carbocycles. The van der Waals surface area contributed by atoms with Crippen molar-refractivity contribution in [3.8, 4) is 0 Å². The van der Waals surface area contributed by atoms with Crippen molar-refractivity contribution in [1.82, 2.24) is 9.97 Å². The van der Waals surface area contributed by atoms with E-state index in [0.717, 1.165) is 24.0 Å². The second kappa shape index (κ2) is 7.33. The third-order valence-corrected chi connectivity index (χ3v) is 4.60. The van der Waals surface area contributed by atoms with Crippen LogP contribution < -0.4 is 0 Å². The number of halogens is 3. The van der Waals surface area contributed by atoms with Crippen LogP contribution in [0.1, 0.15) is 26.0 Å². The van der Waals surface area contributed by atoms with Crippen LogP contribution in [0.3, 0.4) is 0 Å². The second-order valence-electron chi connectivity index (χ2n) is 5.86. The van der Waals surface area contributed by atoms with Gasteiger partial charge in [0.25, 0.3) is 0 Å². The van der Waals surface area contributed by atoms with Crippen molar-refractivity contribution in [2.24, 2.45) is 5.92 Å². The van der Waals surface area contributed by atoms with Gasteiger partial charge in [-0.1, -0.05) is 25.6 Å². The molecule has 0 amide bonds. The van der Waals surface area contributed by atoms with E-state index in [4.69, 9.17) is 4.74 Å². The molecule has 0 spiro atoms. The Bertz CT molecular complexity index is 530. The summed E-state index contributed by atoms with van der Waals surface area (Å²) in [6, 6.07) is 0.783. The molecule has 23 heavy (non-hydrogen) atoms. The van der Waals surface area contributed by atoms with Crippen LogP contribution in [-0.4, -0.2) is 50.3 Å². The Hall–Kier alpha value is -0.900. The third kappa shape index (κ3) is 4.79. The van der Waals surface area contributed by atoms with Crippen molar-refractivity contribution in [3.63, 3.8) is 0 Å². The first-order valence-electron chi connectivity index (χ1n) is 7.23. The molecule has 2 rings (SSSR count). The number of ether oxygens (including phenoxy) is 1. The second-order valence-corrected chi connectivity index (χ2v) is 7.07. The predicted molar refractivity (Wildman–Crippen MR) is 77.9 cm³/mol. The zero-order chi connectivity index (χ0) is 17.2.